The van der Waals surface area contributed by atoms with Crippen molar-refractivity contribution >= 4 is 0 Å². The Morgan fingerprint density at radius 3 is 2.90 bits per heavy atom. The first-order valence-electron chi connectivity index (χ1n) is 3.36. The zero-order valence-electron chi connectivity index (χ0n) is 5.69. The lowest BCUT2D eigenvalue weighted by molar-refractivity contribution is -0.121. The van der Waals surface area contributed by atoms with E-state index in [-0.39, 0.29) is 25.3 Å². The van der Waals surface area contributed by atoms with E-state index in [1.807, 2.05) is 0 Å². The summed E-state index contributed by atoms with van der Waals surface area (Å²) in [5.41, 5.74) is 0. The molecule has 1 N–H and O–H groups in total. The molecule has 0 aromatic rings. The molecule has 0 spiro atoms. The van der Waals surface area contributed by atoms with Crippen LogP contribution in [0.4, 0.5) is 0 Å². The van der Waals surface area contributed by atoms with Crippen molar-refractivity contribution in [3.63, 3.8) is 0 Å². The van der Waals surface area contributed by atoms with Gasteiger partial charge in [0.05, 0.1) is 6.10 Å². The van der Waals surface area contributed by atoms with Crippen LogP contribution in [0.1, 0.15) is 6.92 Å². The summed E-state index contributed by atoms with van der Waals surface area (Å²) in [5.74, 6) is 0. The number of aliphatic hydroxyl groups excluding tert-OH is 1. The maximum absolute atomic E-state index is 9.34. The first-order valence-corrected chi connectivity index (χ1v) is 3.36. The largest absolute Gasteiger partial charge is 0.387 e. The molecule has 2 aliphatic heterocycles. The van der Waals surface area contributed by atoms with Crippen LogP contribution in [-0.2, 0) is 14.2 Å². The molecule has 0 aliphatic carbocycles. The average Bonchev–Trinajstić information content (AvgIpc) is 2.41. The summed E-state index contributed by atoms with van der Waals surface area (Å²) < 4.78 is 15.3. The normalized spacial score (nSPS) is 53.4. The van der Waals surface area contributed by atoms with Crippen LogP contribution in [0.25, 0.3) is 0 Å². The maximum atomic E-state index is 9.34. The van der Waals surface area contributed by atoms with Crippen LogP contribution in [0, 0.1) is 0 Å². The molecule has 2 aliphatic rings. The molecule has 0 amide bonds. The van der Waals surface area contributed by atoms with Crippen molar-refractivity contribution in [3.8, 4) is 0 Å². The first-order chi connectivity index (χ1) is 4.79. The van der Waals surface area contributed by atoms with Crippen LogP contribution in [0.15, 0.2) is 0 Å². The Morgan fingerprint density at radius 1 is 1.40 bits per heavy atom. The van der Waals surface area contributed by atoms with Gasteiger partial charge in [-0.1, -0.05) is 0 Å². The van der Waals surface area contributed by atoms with E-state index in [2.05, 4.69) is 0 Å². The van der Waals surface area contributed by atoms with Gasteiger partial charge in [-0.15, -0.1) is 0 Å². The lowest BCUT2D eigenvalue weighted by Crippen LogP contribution is -2.29. The van der Waals surface area contributed by atoms with E-state index in [1.54, 1.807) is 6.92 Å². The van der Waals surface area contributed by atoms with Crippen molar-refractivity contribution in [2.45, 2.75) is 31.5 Å². The molecule has 4 heteroatoms. The monoisotopic (exact) mass is 146 g/mol. The second-order valence-electron chi connectivity index (χ2n) is 2.62. The van der Waals surface area contributed by atoms with Gasteiger partial charge in [0.2, 0.25) is 0 Å². The number of ether oxygens (including phenoxy) is 3. The number of hydrogen-bond acceptors (Lipinski definition) is 4. The summed E-state index contributed by atoms with van der Waals surface area (Å²) >= 11 is 0. The molecule has 2 heterocycles. The molecule has 0 bridgehead atoms. The molecule has 0 aromatic heterocycles. The Morgan fingerprint density at radius 2 is 2.20 bits per heavy atom. The third-order valence-corrected chi connectivity index (χ3v) is 1.93. The highest BCUT2D eigenvalue weighted by Crippen LogP contribution is 2.28. The second kappa shape index (κ2) is 2.17. The van der Waals surface area contributed by atoms with Crippen LogP contribution in [0.3, 0.4) is 0 Å². The minimum absolute atomic E-state index is 0.171. The highest BCUT2D eigenvalue weighted by Gasteiger charge is 2.46. The molecule has 2 saturated heterocycles. The van der Waals surface area contributed by atoms with Gasteiger partial charge < -0.3 is 19.3 Å². The summed E-state index contributed by atoms with van der Waals surface area (Å²) in [7, 11) is 0. The fourth-order valence-electron chi connectivity index (χ4n) is 1.29. The topological polar surface area (TPSA) is 47.9 Å². The highest BCUT2D eigenvalue weighted by molar-refractivity contribution is 4.86. The standard InChI is InChI=1S/C6H10O4/c1-3-4(7)5-6(10-3)9-2-8-5/h3-7H,2H2,1H3/t3-,4+,5-,6?/m1/s1. The number of aliphatic hydroxyl groups is 1. The van der Waals surface area contributed by atoms with Gasteiger partial charge in [0.25, 0.3) is 0 Å². The van der Waals surface area contributed by atoms with Gasteiger partial charge in [0.15, 0.2) is 13.1 Å². The Kier molecular flexibility index (Phi) is 1.42. The van der Waals surface area contributed by atoms with E-state index >= 15 is 0 Å². The van der Waals surface area contributed by atoms with E-state index < -0.39 is 6.10 Å². The molecule has 4 atom stereocenters. The molecule has 1 unspecified atom stereocenters. The van der Waals surface area contributed by atoms with Crippen molar-refractivity contribution in [1.29, 1.82) is 0 Å². The Bertz CT molecular complexity index is 136. The summed E-state index contributed by atoms with van der Waals surface area (Å²) in [4.78, 5) is 0. The number of fused-ring (bicyclic) bond motifs is 1. The van der Waals surface area contributed by atoms with E-state index in [0.717, 1.165) is 0 Å². The fourth-order valence-corrected chi connectivity index (χ4v) is 1.29. The molecule has 2 rings (SSSR count). The maximum Gasteiger partial charge on any atom is 0.189 e. The average molecular weight is 146 g/mol. The zero-order chi connectivity index (χ0) is 7.14. The smallest absolute Gasteiger partial charge is 0.189 e. The minimum Gasteiger partial charge on any atom is -0.387 e. The van der Waals surface area contributed by atoms with Gasteiger partial charge in [-0.05, 0) is 6.92 Å². The van der Waals surface area contributed by atoms with Crippen LogP contribution >= 0.6 is 0 Å². The number of hydrogen-bond donors (Lipinski definition) is 1. The van der Waals surface area contributed by atoms with Gasteiger partial charge in [0, 0.05) is 0 Å². The van der Waals surface area contributed by atoms with Gasteiger partial charge >= 0.3 is 0 Å². The summed E-state index contributed by atoms with van der Waals surface area (Å²) in [6, 6.07) is 0. The molecule has 0 radical (unpaired) electrons. The predicted molar refractivity (Wildman–Crippen MR) is 31.2 cm³/mol. The Labute approximate surface area is 58.7 Å². The predicted octanol–water partition coefficient (Wildman–Crippen LogP) is -0.535. The number of rotatable bonds is 0. The van der Waals surface area contributed by atoms with Crippen LogP contribution in [-0.4, -0.2) is 36.5 Å². The lowest BCUT2D eigenvalue weighted by atomic mass is 10.2. The summed E-state index contributed by atoms with van der Waals surface area (Å²) in [6.07, 6.45) is -1.32. The van der Waals surface area contributed by atoms with Gasteiger partial charge in [-0.3, -0.25) is 0 Å². The lowest BCUT2D eigenvalue weighted by Gasteiger charge is -2.09. The van der Waals surface area contributed by atoms with Gasteiger partial charge in [-0.2, -0.15) is 0 Å². The van der Waals surface area contributed by atoms with Crippen LogP contribution in [0.5, 0.6) is 0 Å². The van der Waals surface area contributed by atoms with E-state index in [1.165, 1.54) is 0 Å². The fraction of sp³-hybridized carbons (Fsp3) is 1.00. The van der Waals surface area contributed by atoms with Crippen LogP contribution in [0.2, 0.25) is 0 Å². The van der Waals surface area contributed by atoms with Gasteiger partial charge in [-0.25, -0.2) is 0 Å². The first kappa shape index (κ1) is 6.54. The van der Waals surface area contributed by atoms with Crippen LogP contribution < -0.4 is 0 Å². The van der Waals surface area contributed by atoms with Crippen molar-refractivity contribution in [2.75, 3.05) is 6.79 Å². The summed E-state index contributed by atoms with van der Waals surface area (Å²) in [5, 5.41) is 9.34. The van der Waals surface area contributed by atoms with Crippen molar-refractivity contribution < 1.29 is 19.3 Å². The van der Waals surface area contributed by atoms with Gasteiger partial charge in [0.1, 0.15) is 12.2 Å². The van der Waals surface area contributed by atoms with Crippen molar-refractivity contribution in [3.05, 3.63) is 0 Å². The molecule has 10 heavy (non-hydrogen) atoms. The molecular formula is C6H10O4. The van der Waals surface area contributed by atoms with E-state index in [4.69, 9.17) is 14.2 Å². The zero-order valence-corrected chi connectivity index (χ0v) is 5.69. The molecule has 0 aromatic carbocycles. The molecule has 58 valence electrons. The van der Waals surface area contributed by atoms with Crippen molar-refractivity contribution in [2.24, 2.45) is 0 Å². The second-order valence-corrected chi connectivity index (χ2v) is 2.62. The summed E-state index contributed by atoms with van der Waals surface area (Å²) in [6.45, 7) is 2.04. The minimum atomic E-state index is -0.535. The van der Waals surface area contributed by atoms with Crippen molar-refractivity contribution in [1.82, 2.24) is 0 Å². The van der Waals surface area contributed by atoms with E-state index in [9.17, 15) is 5.11 Å². The third kappa shape index (κ3) is 0.769. The molecule has 4 nitrogen and oxygen atoms in total. The Hall–Kier alpha value is -0.160. The third-order valence-electron chi connectivity index (χ3n) is 1.93. The Balaban J connectivity index is 2.09. The highest BCUT2D eigenvalue weighted by atomic mass is 16.8. The van der Waals surface area contributed by atoms with E-state index in [0.29, 0.717) is 0 Å². The molecule has 0 saturated carbocycles. The SMILES string of the molecule is C[C@H]1OC2OCO[C@@H]2[C@H]1O. The molecule has 2 fully saturated rings. The molecular weight excluding hydrogens is 136 g/mol. The quantitative estimate of drug-likeness (QED) is 0.499.